The van der Waals surface area contributed by atoms with Gasteiger partial charge in [-0.05, 0) is 31.0 Å². The molecule has 1 fully saturated rings. The van der Waals surface area contributed by atoms with E-state index in [1.165, 1.54) is 12.4 Å². The van der Waals surface area contributed by atoms with E-state index in [9.17, 15) is 9.18 Å². The van der Waals surface area contributed by atoms with Crippen LogP contribution >= 0.6 is 0 Å². The van der Waals surface area contributed by atoms with Crippen molar-refractivity contribution in [1.82, 2.24) is 19.7 Å². The molecule has 8 heteroatoms. The third kappa shape index (κ3) is 3.79. The zero-order chi connectivity index (χ0) is 18.6. The van der Waals surface area contributed by atoms with Crippen molar-refractivity contribution in [2.75, 3.05) is 23.3 Å². The number of carbonyl (C=O) groups excluding carboxylic acids is 1. The first-order valence-electron chi connectivity index (χ1n) is 8.83. The van der Waals surface area contributed by atoms with E-state index >= 15 is 0 Å². The van der Waals surface area contributed by atoms with Crippen LogP contribution in [0.2, 0.25) is 0 Å². The van der Waals surface area contributed by atoms with Crippen molar-refractivity contribution in [2.24, 2.45) is 5.92 Å². The lowest BCUT2D eigenvalue weighted by Crippen LogP contribution is -2.41. The molecule has 0 bridgehead atoms. The number of aromatic nitrogens is 4. The molecule has 1 saturated heterocycles. The number of hydrogen-bond acceptors (Lipinski definition) is 5. The van der Waals surface area contributed by atoms with Crippen LogP contribution in [-0.4, -0.2) is 38.7 Å². The minimum atomic E-state index is -0.432. The van der Waals surface area contributed by atoms with Crippen LogP contribution in [0.3, 0.4) is 0 Å². The summed E-state index contributed by atoms with van der Waals surface area (Å²) in [6.07, 6.45) is 6.61. The smallest absolute Gasteiger partial charge is 0.229 e. The normalized spacial score (nSPS) is 16.9. The van der Waals surface area contributed by atoms with Gasteiger partial charge in [-0.3, -0.25) is 4.79 Å². The van der Waals surface area contributed by atoms with Crippen molar-refractivity contribution < 1.29 is 9.18 Å². The summed E-state index contributed by atoms with van der Waals surface area (Å²) in [6.45, 7) is 1.33. The molecule has 3 heterocycles. The second kappa shape index (κ2) is 7.53. The fourth-order valence-electron chi connectivity index (χ4n) is 3.24. The van der Waals surface area contributed by atoms with Crippen LogP contribution in [0, 0.1) is 11.7 Å². The maximum Gasteiger partial charge on any atom is 0.229 e. The Bertz CT molecular complexity index is 929. The van der Waals surface area contributed by atoms with Crippen molar-refractivity contribution in [3.63, 3.8) is 0 Å². The molecule has 7 nitrogen and oxygen atoms in total. The number of para-hydroxylation sites is 1. The summed E-state index contributed by atoms with van der Waals surface area (Å²) >= 11 is 0. The van der Waals surface area contributed by atoms with Crippen LogP contribution < -0.4 is 10.2 Å². The lowest BCUT2D eigenvalue weighted by atomic mass is 9.97. The number of nitrogens with zero attached hydrogens (tertiary/aromatic N) is 5. The molecule has 0 radical (unpaired) electrons. The minimum Gasteiger partial charge on any atom is -0.356 e. The molecule has 0 saturated carbocycles. The first kappa shape index (κ1) is 17.1. The summed E-state index contributed by atoms with van der Waals surface area (Å²) in [6, 6.07) is 9.87. The quantitative estimate of drug-likeness (QED) is 0.768. The zero-order valence-electron chi connectivity index (χ0n) is 14.6. The van der Waals surface area contributed by atoms with E-state index in [2.05, 4.69) is 25.3 Å². The van der Waals surface area contributed by atoms with E-state index < -0.39 is 5.82 Å². The molecule has 1 unspecified atom stereocenters. The Morgan fingerprint density at radius 2 is 2.04 bits per heavy atom. The molecular formula is C19H19FN6O. The molecule has 27 heavy (non-hydrogen) atoms. The van der Waals surface area contributed by atoms with Crippen LogP contribution in [0.25, 0.3) is 5.82 Å². The maximum absolute atomic E-state index is 13.8. The predicted octanol–water partition coefficient (Wildman–Crippen LogP) is 2.66. The minimum absolute atomic E-state index is 0.175. The van der Waals surface area contributed by atoms with E-state index in [-0.39, 0.29) is 17.5 Å². The van der Waals surface area contributed by atoms with E-state index in [0.29, 0.717) is 12.4 Å². The highest BCUT2D eigenvalue weighted by molar-refractivity contribution is 5.93. The fraction of sp³-hybridized carbons (Fsp3) is 0.263. The molecule has 1 aromatic carbocycles. The van der Waals surface area contributed by atoms with Crippen molar-refractivity contribution >= 4 is 17.4 Å². The molecule has 138 valence electrons. The molecule has 2 aromatic heterocycles. The zero-order valence-corrected chi connectivity index (χ0v) is 14.6. The van der Waals surface area contributed by atoms with Gasteiger partial charge in [0, 0.05) is 31.5 Å². The number of hydrogen-bond donors (Lipinski definition) is 1. The number of carbonyl (C=O) groups is 1. The molecule has 1 atom stereocenters. The number of anilines is 2. The Labute approximate surface area is 155 Å². The lowest BCUT2D eigenvalue weighted by Gasteiger charge is -2.32. The number of amides is 1. The summed E-state index contributed by atoms with van der Waals surface area (Å²) in [5.74, 6) is 0.577. The number of nitrogens with one attached hydrogen (secondary N) is 1. The first-order valence-corrected chi connectivity index (χ1v) is 8.83. The highest BCUT2D eigenvalue weighted by atomic mass is 19.1. The standard InChI is InChI=1S/C19H19FN6O/c20-15-6-1-2-7-16(15)24-19(27)14-5-3-9-25(12-14)17-11-18(22-13-21-17)26-10-4-8-23-26/h1-2,4,6-8,10-11,13-14H,3,5,9,12H2,(H,24,27). The Balaban J connectivity index is 1.47. The average molecular weight is 366 g/mol. The van der Waals surface area contributed by atoms with Crippen molar-refractivity contribution in [3.05, 3.63) is 60.9 Å². The Morgan fingerprint density at radius 3 is 2.85 bits per heavy atom. The van der Waals surface area contributed by atoms with Gasteiger partial charge in [0.1, 0.15) is 18.0 Å². The highest BCUT2D eigenvalue weighted by Crippen LogP contribution is 2.24. The Hall–Kier alpha value is -3.29. The predicted molar refractivity (Wildman–Crippen MR) is 99.1 cm³/mol. The van der Waals surface area contributed by atoms with Gasteiger partial charge in [-0.2, -0.15) is 5.10 Å². The van der Waals surface area contributed by atoms with Gasteiger partial charge >= 0.3 is 0 Å². The number of rotatable bonds is 4. The topological polar surface area (TPSA) is 75.9 Å². The van der Waals surface area contributed by atoms with Crippen molar-refractivity contribution in [3.8, 4) is 5.82 Å². The molecule has 3 aromatic rings. The molecule has 1 amide bonds. The van der Waals surface area contributed by atoms with E-state index in [0.717, 1.165) is 25.2 Å². The van der Waals surface area contributed by atoms with Crippen LogP contribution in [0.4, 0.5) is 15.9 Å². The summed E-state index contributed by atoms with van der Waals surface area (Å²) in [7, 11) is 0. The summed E-state index contributed by atoms with van der Waals surface area (Å²) in [5.41, 5.74) is 0.211. The molecule has 0 spiro atoms. The maximum atomic E-state index is 13.8. The van der Waals surface area contributed by atoms with Gasteiger partial charge in [0.2, 0.25) is 5.91 Å². The molecule has 0 aliphatic carbocycles. The van der Waals surface area contributed by atoms with E-state index in [1.54, 1.807) is 29.1 Å². The number of benzene rings is 1. The second-order valence-electron chi connectivity index (χ2n) is 6.44. The second-order valence-corrected chi connectivity index (χ2v) is 6.44. The summed E-state index contributed by atoms with van der Waals surface area (Å²) in [5, 5.41) is 6.88. The van der Waals surface area contributed by atoms with Crippen molar-refractivity contribution in [1.29, 1.82) is 0 Å². The molecule has 4 rings (SSSR count). The van der Waals surface area contributed by atoms with Gasteiger partial charge in [0.15, 0.2) is 5.82 Å². The van der Waals surface area contributed by atoms with Crippen LogP contribution in [0.1, 0.15) is 12.8 Å². The van der Waals surface area contributed by atoms with E-state index in [4.69, 9.17) is 0 Å². The Morgan fingerprint density at radius 1 is 1.19 bits per heavy atom. The number of piperidine rings is 1. The monoisotopic (exact) mass is 366 g/mol. The largest absolute Gasteiger partial charge is 0.356 e. The third-order valence-corrected chi connectivity index (χ3v) is 4.63. The van der Waals surface area contributed by atoms with Crippen LogP contribution in [0.15, 0.2) is 55.1 Å². The van der Waals surface area contributed by atoms with Gasteiger partial charge in [-0.15, -0.1) is 0 Å². The van der Waals surface area contributed by atoms with E-state index in [1.807, 2.05) is 18.3 Å². The third-order valence-electron chi connectivity index (χ3n) is 4.63. The van der Waals surface area contributed by atoms with Gasteiger partial charge < -0.3 is 10.2 Å². The highest BCUT2D eigenvalue weighted by Gasteiger charge is 2.27. The van der Waals surface area contributed by atoms with Gasteiger partial charge in [0.05, 0.1) is 11.6 Å². The Kier molecular flexibility index (Phi) is 4.78. The molecule has 1 N–H and O–H groups in total. The molecule has 1 aliphatic heterocycles. The first-order chi connectivity index (χ1) is 13.2. The SMILES string of the molecule is O=C(Nc1ccccc1F)C1CCCN(c2cc(-n3cccn3)ncn2)C1. The molecule has 1 aliphatic rings. The van der Waals surface area contributed by atoms with Gasteiger partial charge in [0.25, 0.3) is 0 Å². The average Bonchev–Trinajstić information content (AvgIpc) is 3.25. The summed E-state index contributed by atoms with van der Waals surface area (Å²) in [4.78, 5) is 23.2. The fourth-order valence-corrected chi connectivity index (χ4v) is 3.24. The summed E-state index contributed by atoms with van der Waals surface area (Å²) < 4.78 is 15.5. The lowest BCUT2D eigenvalue weighted by molar-refractivity contribution is -0.120. The number of halogens is 1. The van der Waals surface area contributed by atoms with Crippen LogP contribution in [-0.2, 0) is 4.79 Å². The molecular weight excluding hydrogens is 347 g/mol. The van der Waals surface area contributed by atoms with Crippen molar-refractivity contribution in [2.45, 2.75) is 12.8 Å². The van der Waals surface area contributed by atoms with Crippen LogP contribution in [0.5, 0.6) is 0 Å². The van der Waals surface area contributed by atoms with Gasteiger partial charge in [-0.1, -0.05) is 12.1 Å². The van der Waals surface area contributed by atoms with Gasteiger partial charge in [-0.25, -0.2) is 19.0 Å².